The van der Waals surface area contributed by atoms with E-state index >= 15 is 0 Å². The smallest absolute Gasteiger partial charge is 0.328 e. The van der Waals surface area contributed by atoms with E-state index in [1.54, 1.807) is 6.07 Å². The highest BCUT2D eigenvalue weighted by Gasteiger charge is 2.02. The van der Waals surface area contributed by atoms with Gasteiger partial charge in [0, 0.05) is 19.1 Å². The molecule has 0 saturated carbocycles. The van der Waals surface area contributed by atoms with Gasteiger partial charge in [-0.25, -0.2) is 4.79 Å². The first-order valence-electron chi connectivity index (χ1n) is 4.38. The highest BCUT2D eigenvalue weighted by molar-refractivity contribution is 6.32. The van der Waals surface area contributed by atoms with Crippen molar-refractivity contribution in [2.24, 2.45) is 0 Å². The number of esters is 1. The predicted octanol–water partition coefficient (Wildman–Crippen LogP) is 2.36. The fourth-order valence-electron chi connectivity index (χ4n) is 1.03. The maximum Gasteiger partial charge on any atom is 0.328 e. The molecule has 0 atom stereocenters. The van der Waals surface area contributed by atoms with Crippen LogP contribution in [0.25, 0.3) is 6.08 Å². The van der Waals surface area contributed by atoms with Gasteiger partial charge in [-0.1, -0.05) is 11.6 Å². The minimum absolute atomic E-state index is 0.316. The number of ether oxygens (including phenoxy) is 1. The van der Waals surface area contributed by atoms with Crippen LogP contribution in [0.3, 0.4) is 0 Å². The van der Waals surface area contributed by atoms with E-state index in [2.05, 4.69) is 0 Å². The summed E-state index contributed by atoms with van der Waals surface area (Å²) in [6.45, 7) is 1.28. The molecule has 0 fully saturated rings. The molecule has 5 heteroatoms. The summed E-state index contributed by atoms with van der Waals surface area (Å²) in [4.78, 5) is 21.0. The zero-order valence-electron chi connectivity index (χ0n) is 8.44. The van der Waals surface area contributed by atoms with Crippen LogP contribution in [0.4, 0.5) is 0 Å². The fraction of sp³-hybridized carbons (Fsp3) is 0.0909. The topological polar surface area (TPSA) is 63.6 Å². The van der Waals surface area contributed by atoms with E-state index < -0.39 is 11.9 Å². The van der Waals surface area contributed by atoms with Crippen LogP contribution in [0.2, 0.25) is 5.02 Å². The largest absolute Gasteiger partial charge is 0.478 e. The minimum atomic E-state index is -1.06. The lowest BCUT2D eigenvalue weighted by molar-refractivity contribution is -0.132. The number of rotatable bonds is 3. The maximum absolute atomic E-state index is 10.7. The zero-order chi connectivity index (χ0) is 12.1. The molecule has 0 spiro atoms. The van der Waals surface area contributed by atoms with Gasteiger partial charge < -0.3 is 9.84 Å². The Kier molecular flexibility index (Phi) is 4.08. The van der Waals surface area contributed by atoms with Crippen molar-refractivity contribution in [2.75, 3.05) is 0 Å². The molecule has 1 aromatic carbocycles. The van der Waals surface area contributed by atoms with Gasteiger partial charge in [0.25, 0.3) is 0 Å². The molecule has 0 aromatic heterocycles. The molecule has 0 bridgehead atoms. The number of carboxylic acid groups (broad SMARTS) is 1. The third-order valence-electron chi connectivity index (χ3n) is 1.64. The van der Waals surface area contributed by atoms with Gasteiger partial charge in [0.15, 0.2) is 0 Å². The zero-order valence-corrected chi connectivity index (χ0v) is 9.19. The molecule has 1 N–H and O–H groups in total. The first kappa shape index (κ1) is 12.3. The minimum Gasteiger partial charge on any atom is -0.478 e. The molecule has 1 aromatic rings. The van der Waals surface area contributed by atoms with Crippen LogP contribution >= 0.6 is 11.6 Å². The maximum atomic E-state index is 10.7. The number of hydrogen-bond donors (Lipinski definition) is 1. The van der Waals surface area contributed by atoms with Gasteiger partial charge in [0.2, 0.25) is 0 Å². The molecule has 0 amide bonds. The molecular weight excluding hydrogens is 232 g/mol. The molecule has 0 heterocycles. The Labute approximate surface area is 97.1 Å². The number of carboxylic acids is 1. The van der Waals surface area contributed by atoms with Gasteiger partial charge >= 0.3 is 11.9 Å². The van der Waals surface area contributed by atoms with Crippen molar-refractivity contribution in [3.8, 4) is 5.75 Å². The van der Waals surface area contributed by atoms with Gasteiger partial charge in [0.05, 0.1) is 5.02 Å². The Morgan fingerprint density at radius 3 is 2.62 bits per heavy atom. The van der Waals surface area contributed by atoms with Crippen molar-refractivity contribution in [1.82, 2.24) is 0 Å². The van der Waals surface area contributed by atoms with Crippen LogP contribution in [0.15, 0.2) is 24.3 Å². The number of hydrogen-bond acceptors (Lipinski definition) is 3. The quantitative estimate of drug-likeness (QED) is 0.500. The summed E-state index contributed by atoms with van der Waals surface area (Å²) < 4.78 is 4.81. The van der Waals surface area contributed by atoms with E-state index in [1.165, 1.54) is 25.1 Å². The Morgan fingerprint density at radius 2 is 2.12 bits per heavy atom. The molecule has 0 unspecified atom stereocenters. The van der Waals surface area contributed by atoms with E-state index in [1.807, 2.05) is 0 Å². The molecule has 0 saturated heterocycles. The molecule has 0 aliphatic heterocycles. The van der Waals surface area contributed by atoms with Crippen molar-refractivity contribution >= 4 is 29.6 Å². The number of carbonyl (C=O) groups excluding carboxylic acids is 1. The normalized spacial score (nSPS) is 10.4. The van der Waals surface area contributed by atoms with Crippen molar-refractivity contribution in [1.29, 1.82) is 0 Å². The van der Waals surface area contributed by atoms with Gasteiger partial charge in [0.1, 0.15) is 5.75 Å². The molecule has 0 aliphatic rings. The number of carbonyl (C=O) groups is 2. The SMILES string of the molecule is CC(=O)Oc1ccc(C=CC(=O)O)c(Cl)c1. The van der Waals surface area contributed by atoms with E-state index in [0.29, 0.717) is 16.3 Å². The second-order valence-corrected chi connectivity index (χ2v) is 3.36. The molecule has 4 nitrogen and oxygen atoms in total. The summed E-state index contributed by atoms with van der Waals surface area (Å²) >= 11 is 5.86. The third-order valence-corrected chi connectivity index (χ3v) is 1.97. The van der Waals surface area contributed by atoms with Crippen LogP contribution in [0, 0.1) is 0 Å². The average Bonchev–Trinajstić information content (AvgIpc) is 2.15. The number of aliphatic carboxylic acids is 1. The third kappa shape index (κ3) is 3.74. The summed E-state index contributed by atoms with van der Waals surface area (Å²) in [6, 6.07) is 4.55. The average molecular weight is 241 g/mol. The standard InChI is InChI=1S/C11H9ClO4/c1-7(13)16-9-4-2-8(10(12)6-9)3-5-11(14)15/h2-6H,1H3,(H,14,15). The summed E-state index contributed by atoms with van der Waals surface area (Å²) in [6.07, 6.45) is 2.34. The summed E-state index contributed by atoms with van der Waals surface area (Å²) in [5.74, 6) is -1.17. The number of halogens is 1. The van der Waals surface area contributed by atoms with Crippen molar-refractivity contribution in [2.45, 2.75) is 6.92 Å². The van der Waals surface area contributed by atoms with E-state index in [4.69, 9.17) is 21.4 Å². The molecular formula is C11H9ClO4. The Balaban J connectivity index is 2.91. The van der Waals surface area contributed by atoms with Gasteiger partial charge in [-0.3, -0.25) is 4.79 Å². The molecule has 16 heavy (non-hydrogen) atoms. The monoisotopic (exact) mass is 240 g/mol. The van der Waals surface area contributed by atoms with Crippen LogP contribution in [0.1, 0.15) is 12.5 Å². The lowest BCUT2D eigenvalue weighted by Crippen LogP contribution is -2.01. The number of benzene rings is 1. The van der Waals surface area contributed by atoms with Crippen molar-refractivity contribution < 1.29 is 19.4 Å². The Hall–Kier alpha value is -1.81. The molecule has 0 radical (unpaired) electrons. The lowest BCUT2D eigenvalue weighted by atomic mass is 10.2. The van der Waals surface area contributed by atoms with Crippen LogP contribution < -0.4 is 4.74 Å². The Morgan fingerprint density at radius 1 is 1.44 bits per heavy atom. The summed E-state index contributed by atoms with van der Waals surface area (Å²) in [5.41, 5.74) is 0.542. The highest BCUT2D eigenvalue weighted by Crippen LogP contribution is 2.23. The van der Waals surface area contributed by atoms with E-state index in [9.17, 15) is 9.59 Å². The van der Waals surface area contributed by atoms with Crippen molar-refractivity contribution in [3.05, 3.63) is 34.9 Å². The summed E-state index contributed by atoms with van der Waals surface area (Å²) in [7, 11) is 0. The van der Waals surface area contributed by atoms with Crippen LogP contribution in [-0.4, -0.2) is 17.0 Å². The second kappa shape index (κ2) is 5.32. The molecule has 1 rings (SSSR count). The molecule has 84 valence electrons. The van der Waals surface area contributed by atoms with Crippen LogP contribution in [-0.2, 0) is 9.59 Å². The predicted molar refractivity (Wildman–Crippen MR) is 59.4 cm³/mol. The first-order valence-corrected chi connectivity index (χ1v) is 4.76. The van der Waals surface area contributed by atoms with E-state index in [0.717, 1.165) is 6.08 Å². The van der Waals surface area contributed by atoms with E-state index in [-0.39, 0.29) is 0 Å². The lowest BCUT2D eigenvalue weighted by Gasteiger charge is -2.03. The first-order chi connectivity index (χ1) is 7.49. The molecule has 0 aliphatic carbocycles. The fourth-order valence-corrected chi connectivity index (χ4v) is 1.27. The van der Waals surface area contributed by atoms with Crippen LogP contribution in [0.5, 0.6) is 5.75 Å². The van der Waals surface area contributed by atoms with Gasteiger partial charge in [-0.15, -0.1) is 0 Å². The Bertz CT molecular complexity index is 451. The van der Waals surface area contributed by atoms with Gasteiger partial charge in [-0.05, 0) is 23.8 Å². The van der Waals surface area contributed by atoms with Gasteiger partial charge in [-0.2, -0.15) is 0 Å². The second-order valence-electron chi connectivity index (χ2n) is 2.95. The highest BCUT2D eigenvalue weighted by atomic mass is 35.5. The van der Waals surface area contributed by atoms with Crippen molar-refractivity contribution in [3.63, 3.8) is 0 Å². The summed E-state index contributed by atoms with van der Waals surface area (Å²) in [5, 5.41) is 8.76.